The Labute approximate surface area is 95.1 Å². The number of hydrogen-bond donors (Lipinski definition) is 2. The van der Waals surface area contributed by atoms with Gasteiger partial charge < -0.3 is 5.73 Å². The van der Waals surface area contributed by atoms with Crippen LogP contribution in [0.1, 0.15) is 11.6 Å². The molecular formula is C9H11BrFN3O. The Bertz CT molecular complexity index is 384. The molecule has 1 aromatic rings. The molecule has 0 aliphatic heterocycles. The van der Waals surface area contributed by atoms with E-state index in [9.17, 15) is 9.18 Å². The zero-order valence-electron chi connectivity index (χ0n) is 8.08. The van der Waals surface area contributed by atoms with Crippen LogP contribution in [0.5, 0.6) is 0 Å². The third-order valence-electron chi connectivity index (χ3n) is 1.91. The summed E-state index contributed by atoms with van der Waals surface area (Å²) in [4.78, 5) is 11.4. The van der Waals surface area contributed by atoms with Crippen molar-refractivity contribution in [2.24, 2.45) is 11.6 Å². The Morgan fingerprint density at radius 3 is 2.73 bits per heavy atom. The van der Waals surface area contributed by atoms with Crippen LogP contribution in [-0.2, 0) is 4.79 Å². The highest BCUT2D eigenvalue weighted by molar-refractivity contribution is 9.10. The van der Waals surface area contributed by atoms with E-state index < -0.39 is 17.8 Å². The average molecular weight is 276 g/mol. The number of halogens is 2. The van der Waals surface area contributed by atoms with Crippen LogP contribution in [0.3, 0.4) is 0 Å². The summed E-state index contributed by atoms with van der Waals surface area (Å²) in [6, 6.07) is 3.14. The number of rotatable bonds is 2. The van der Waals surface area contributed by atoms with Gasteiger partial charge in [0.15, 0.2) is 0 Å². The van der Waals surface area contributed by atoms with Crippen molar-refractivity contribution in [3.05, 3.63) is 34.1 Å². The largest absolute Gasteiger partial charge is 0.316 e. The van der Waals surface area contributed by atoms with Crippen molar-refractivity contribution in [3.63, 3.8) is 0 Å². The molecule has 1 rings (SSSR count). The zero-order chi connectivity index (χ0) is 11.6. The summed E-state index contributed by atoms with van der Waals surface area (Å²) in [7, 11) is 1.36. The summed E-state index contributed by atoms with van der Waals surface area (Å²) in [6.45, 7) is 0. The Kier molecular flexibility index (Phi) is 3.78. The molecule has 0 saturated heterocycles. The third kappa shape index (κ3) is 2.74. The molecule has 1 atom stereocenters. The van der Waals surface area contributed by atoms with E-state index in [1.807, 2.05) is 0 Å². The van der Waals surface area contributed by atoms with Crippen molar-refractivity contribution in [1.29, 1.82) is 0 Å². The smallest absolute Gasteiger partial charge is 0.257 e. The number of nitrogens with two attached hydrogens (primary N) is 2. The summed E-state index contributed by atoms with van der Waals surface area (Å²) in [5.41, 5.74) is 5.69. The molecule has 82 valence electrons. The second-order valence-electron chi connectivity index (χ2n) is 3.09. The van der Waals surface area contributed by atoms with Crippen molar-refractivity contribution >= 4 is 21.8 Å². The van der Waals surface area contributed by atoms with E-state index in [1.54, 1.807) is 0 Å². The van der Waals surface area contributed by atoms with Gasteiger partial charge in [0.25, 0.3) is 5.91 Å². The van der Waals surface area contributed by atoms with Gasteiger partial charge in [0.1, 0.15) is 11.9 Å². The van der Waals surface area contributed by atoms with Gasteiger partial charge in [-0.05, 0) is 18.2 Å². The number of carbonyl (C=O) groups is 1. The van der Waals surface area contributed by atoms with Gasteiger partial charge in [0.05, 0.1) is 0 Å². The summed E-state index contributed by atoms with van der Waals surface area (Å²) in [6.07, 6.45) is 0. The number of benzene rings is 1. The highest BCUT2D eigenvalue weighted by atomic mass is 79.9. The maximum Gasteiger partial charge on any atom is 0.257 e. The van der Waals surface area contributed by atoms with E-state index in [0.29, 0.717) is 4.47 Å². The predicted octanol–water partition coefficient (Wildman–Crippen LogP) is 0.920. The van der Waals surface area contributed by atoms with Crippen LogP contribution in [0.15, 0.2) is 22.7 Å². The first-order chi connectivity index (χ1) is 6.93. The molecule has 0 spiro atoms. The van der Waals surface area contributed by atoms with Crippen LogP contribution >= 0.6 is 15.9 Å². The maximum atomic E-state index is 13.3. The number of nitrogens with zero attached hydrogens (tertiary/aromatic N) is 1. The van der Waals surface area contributed by atoms with Crippen LogP contribution in [0.25, 0.3) is 0 Å². The van der Waals surface area contributed by atoms with Crippen molar-refractivity contribution in [2.45, 2.75) is 6.04 Å². The fourth-order valence-electron chi connectivity index (χ4n) is 1.11. The Balaban J connectivity index is 3.05. The lowest BCUT2D eigenvalue weighted by molar-refractivity contribution is -0.131. The van der Waals surface area contributed by atoms with Gasteiger partial charge in [0.2, 0.25) is 0 Å². The van der Waals surface area contributed by atoms with Gasteiger partial charge >= 0.3 is 0 Å². The maximum absolute atomic E-state index is 13.3. The summed E-state index contributed by atoms with van der Waals surface area (Å²) in [5.74, 6) is 4.16. The van der Waals surface area contributed by atoms with Gasteiger partial charge in [0, 0.05) is 17.1 Å². The molecule has 1 amide bonds. The zero-order valence-corrected chi connectivity index (χ0v) is 9.66. The van der Waals surface area contributed by atoms with E-state index in [4.69, 9.17) is 11.6 Å². The summed E-state index contributed by atoms with van der Waals surface area (Å²) in [5, 5.41) is 0.838. The SMILES string of the molecule is CN(N)C(=O)C(N)c1cc(Br)ccc1F. The molecule has 15 heavy (non-hydrogen) atoms. The minimum Gasteiger partial charge on any atom is -0.316 e. The van der Waals surface area contributed by atoms with Crippen LogP contribution in [0.4, 0.5) is 4.39 Å². The second kappa shape index (κ2) is 4.69. The minimum absolute atomic E-state index is 0.117. The molecule has 0 bridgehead atoms. The standard InChI is InChI=1S/C9H11BrFN3O/c1-14(13)9(15)8(12)6-4-5(10)2-3-7(6)11/h2-4,8H,12-13H2,1H3. The highest BCUT2D eigenvalue weighted by Crippen LogP contribution is 2.21. The number of likely N-dealkylation sites (N-methyl/N-ethyl adjacent to an activating group) is 1. The van der Waals surface area contributed by atoms with E-state index in [1.165, 1.54) is 25.2 Å². The lowest BCUT2D eigenvalue weighted by Crippen LogP contribution is -2.40. The highest BCUT2D eigenvalue weighted by Gasteiger charge is 2.21. The number of amides is 1. The molecule has 0 heterocycles. The van der Waals surface area contributed by atoms with Gasteiger partial charge in [-0.15, -0.1) is 0 Å². The van der Waals surface area contributed by atoms with Gasteiger partial charge in [-0.2, -0.15) is 0 Å². The molecule has 4 nitrogen and oxygen atoms in total. The van der Waals surface area contributed by atoms with Crippen LogP contribution < -0.4 is 11.6 Å². The molecule has 0 aromatic heterocycles. The molecule has 1 unspecified atom stereocenters. The number of carbonyl (C=O) groups excluding carboxylic acids is 1. The van der Waals surface area contributed by atoms with Gasteiger partial charge in [-0.3, -0.25) is 9.80 Å². The van der Waals surface area contributed by atoms with Gasteiger partial charge in [-0.1, -0.05) is 15.9 Å². The van der Waals surface area contributed by atoms with E-state index in [2.05, 4.69) is 15.9 Å². The molecular weight excluding hydrogens is 265 g/mol. The first-order valence-corrected chi connectivity index (χ1v) is 4.95. The van der Waals surface area contributed by atoms with Crippen molar-refractivity contribution in [3.8, 4) is 0 Å². The molecule has 0 fully saturated rings. The minimum atomic E-state index is -1.09. The first-order valence-electron chi connectivity index (χ1n) is 4.16. The lowest BCUT2D eigenvalue weighted by atomic mass is 10.1. The molecule has 0 saturated carbocycles. The normalized spacial score (nSPS) is 12.3. The van der Waals surface area contributed by atoms with Crippen molar-refractivity contribution in [1.82, 2.24) is 5.01 Å². The second-order valence-corrected chi connectivity index (χ2v) is 4.01. The lowest BCUT2D eigenvalue weighted by Gasteiger charge is -2.17. The molecule has 0 aliphatic rings. The number of hydrogen-bond acceptors (Lipinski definition) is 3. The Hall–Kier alpha value is -0.980. The molecule has 4 N–H and O–H groups in total. The van der Waals surface area contributed by atoms with Crippen LogP contribution in [0, 0.1) is 5.82 Å². The summed E-state index contributed by atoms with van der Waals surface area (Å²) < 4.78 is 14.0. The quantitative estimate of drug-likeness (QED) is 0.479. The van der Waals surface area contributed by atoms with E-state index in [-0.39, 0.29) is 5.56 Å². The Morgan fingerprint density at radius 2 is 2.20 bits per heavy atom. The molecule has 0 radical (unpaired) electrons. The summed E-state index contributed by atoms with van der Waals surface area (Å²) >= 11 is 3.17. The number of hydrazine groups is 1. The topological polar surface area (TPSA) is 72.3 Å². The molecule has 6 heteroatoms. The Morgan fingerprint density at radius 1 is 1.60 bits per heavy atom. The van der Waals surface area contributed by atoms with Crippen LogP contribution in [0.2, 0.25) is 0 Å². The fourth-order valence-corrected chi connectivity index (χ4v) is 1.48. The van der Waals surface area contributed by atoms with Crippen LogP contribution in [-0.4, -0.2) is 18.0 Å². The van der Waals surface area contributed by atoms with E-state index in [0.717, 1.165) is 5.01 Å². The van der Waals surface area contributed by atoms with Crippen molar-refractivity contribution < 1.29 is 9.18 Å². The molecule has 0 aliphatic carbocycles. The predicted molar refractivity (Wildman–Crippen MR) is 58.0 cm³/mol. The molecule has 1 aromatic carbocycles. The first kappa shape index (κ1) is 12.1. The monoisotopic (exact) mass is 275 g/mol. The average Bonchev–Trinajstić information content (AvgIpc) is 2.19. The van der Waals surface area contributed by atoms with Crippen molar-refractivity contribution in [2.75, 3.05) is 7.05 Å². The van der Waals surface area contributed by atoms with Gasteiger partial charge in [-0.25, -0.2) is 10.2 Å². The van der Waals surface area contributed by atoms with E-state index >= 15 is 0 Å². The third-order valence-corrected chi connectivity index (χ3v) is 2.40. The fraction of sp³-hybridized carbons (Fsp3) is 0.222.